The highest BCUT2D eigenvalue weighted by Gasteiger charge is 2.13. The highest BCUT2D eigenvalue weighted by molar-refractivity contribution is 8.72. The van der Waals surface area contributed by atoms with E-state index in [1.165, 1.54) is 0 Å². The van der Waals surface area contributed by atoms with Gasteiger partial charge in [-0.05, 0) is 35.4 Å². The van der Waals surface area contributed by atoms with Crippen LogP contribution in [0.25, 0.3) is 6.08 Å². The summed E-state index contributed by atoms with van der Waals surface area (Å²) in [5.74, 6) is 0.436. The van der Waals surface area contributed by atoms with Crippen LogP contribution >= 0.6 is 10.8 Å². The molecule has 2 aromatic rings. The van der Waals surface area contributed by atoms with Crippen LogP contribution in [0.3, 0.4) is 0 Å². The molecule has 0 heterocycles. The molecule has 20 heavy (non-hydrogen) atoms. The van der Waals surface area contributed by atoms with E-state index in [0.717, 1.165) is 21.9 Å². The van der Waals surface area contributed by atoms with E-state index < -0.39 is 8.87 Å². The van der Waals surface area contributed by atoms with Gasteiger partial charge in [0.1, 0.15) is 0 Å². The van der Waals surface area contributed by atoms with Crippen LogP contribution in [0.4, 0.5) is 0 Å². The average Bonchev–Trinajstić information content (AvgIpc) is 2.45. The Morgan fingerprint density at radius 1 is 1.00 bits per heavy atom. The van der Waals surface area contributed by atoms with Crippen molar-refractivity contribution in [1.29, 1.82) is 0 Å². The smallest absolute Gasteiger partial charge is 0.212 e. The van der Waals surface area contributed by atoms with Crippen LogP contribution in [0.1, 0.15) is 11.1 Å². The van der Waals surface area contributed by atoms with Gasteiger partial charge in [-0.15, -0.1) is 0 Å². The third-order valence-corrected chi connectivity index (χ3v) is 6.14. The second-order valence-corrected chi connectivity index (χ2v) is 8.34. The lowest BCUT2D eigenvalue weighted by Crippen LogP contribution is -1.95. The molecule has 2 aromatic carbocycles. The highest BCUT2D eigenvalue weighted by Crippen LogP contribution is 2.23. The minimum Gasteiger partial charge on any atom is -0.212 e. The zero-order chi connectivity index (χ0) is 14.4. The first-order valence-corrected chi connectivity index (χ1v) is 9.24. The Kier molecular flexibility index (Phi) is 5.04. The largest absolute Gasteiger partial charge is 0.230 e. The zero-order valence-corrected chi connectivity index (χ0v) is 12.8. The summed E-state index contributed by atoms with van der Waals surface area (Å²) in [5, 5.41) is 0. The van der Waals surface area contributed by atoms with Crippen LogP contribution in [-0.4, -0.2) is 14.2 Å². The Labute approximate surface area is 123 Å². The van der Waals surface area contributed by atoms with Crippen molar-refractivity contribution in [2.45, 2.75) is 11.8 Å². The van der Waals surface area contributed by atoms with E-state index in [-0.39, 0.29) is 0 Å². The number of benzene rings is 2. The van der Waals surface area contributed by atoms with Gasteiger partial charge < -0.3 is 0 Å². The third-order valence-electron chi connectivity index (χ3n) is 2.74. The van der Waals surface area contributed by atoms with Crippen LogP contribution in [-0.2, 0) is 8.87 Å². The third kappa shape index (κ3) is 4.25. The maximum absolute atomic E-state index is 12.1. The molecule has 0 amide bonds. The topological polar surface area (TPSA) is 34.1 Å². The summed E-state index contributed by atoms with van der Waals surface area (Å²) in [4.78, 5) is 0.362. The summed E-state index contributed by atoms with van der Waals surface area (Å²) < 4.78 is 24.2. The average molecular weight is 304 g/mol. The lowest BCUT2D eigenvalue weighted by Gasteiger charge is -2.02. The number of hydrogen-bond acceptors (Lipinski definition) is 3. The van der Waals surface area contributed by atoms with Gasteiger partial charge in [0.2, 0.25) is 8.87 Å². The minimum atomic E-state index is -3.27. The summed E-state index contributed by atoms with van der Waals surface area (Å²) in [6.07, 6.45) is 3.80. The van der Waals surface area contributed by atoms with Gasteiger partial charge in [0.05, 0.1) is 4.90 Å². The highest BCUT2D eigenvalue weighted by atomic mass is 33.1. The summed E-state index contributed by atoms with van der Waals surface area (Å²) in [6.45, 7) is 1.94. The Bertz CT molecular complexity index is 672. The predicted molar refractivity (Wildman–Crippen MR) is 86.3 cm³/mol. The number of aryl methyl sites for hydroxylation is 1. The Balaban J connectivity index is 1.96. The second kappa shape index (κ2) is 6.77. The maximum Gasteiger partial charge on any atom is 0.230 e. The summed E-state index contributed by atoms with van der Waals surface area (Å²) >= 11 is 0. The summed E-state index contributed by atoms with van der Waals surface area (Å²) in [6, 6.07) is 16.8. The van der Waals surface area contributed by atoms with Gasteiger partial charge in [-0.2, -0.15) is 0 Å². The molecule has 0 N–H and O–H groups in total. The standard InChI is InChI=1S/C16H16O2S2/c1-14-9-11-16(12-10-14)20(17,18)19-13-5-8-15-6-3-2-4-7-15/h2-12H,13H2,1H3/b8-5+. The lowest BCUT2D eigenvalue weighted by atomic mass is 10.2. The van der Waals surface area contributed by atoms with Gasteiger partial charge in [0.15, 0.2) is 0 Å². The molecule has 0 saturated heterocycles. The molecule has 0 radical (unpaired) electrons. The molecule has 0 bridgehead atoms. The Morgan fingerprint density at radius 2 is 1.65 bits per heavy atom. The molecular formula is C16H16O2S2. The molecule has 0 aliphatic rings. The van der Waals surface area contributed by atoms with Gasteiger partial charge >= 0.3 is 0 Å². The van der Waals surface area contributed by atoms with Crippen molar-refractivity contribution < 1.29 is 8.42 Å². The molecule has 2 rings (SSSR count). The molecule has 104 valence electrons. The monoisotopic (exact) mass is 304 g/mol. The molecule has 4 heteroatoms. The van der Waals surface area contributed by atoms with Crippen LogP contribution < -0.4 is 0 Å². The molecule has 0 unspecified atom stereocenters. The minimum absolute atomic E-state index is 0.362. The van der Waals surface area contributed by atoms with Crippen molar-refractivity contribution in [3.8, 4) is 0 Å². The lowest BCUT2D eigenvalue weighted by molar-refractivity contribution is 0.610. The first-order chi connectivity index (χ1) is 9.58. The van der Waals surface area contributed by atoms with Gasteiger partial charge in [0, 0.05) is 5.75 Å². The van der Waals surface area contributed by atoms with E-state index in [1.54, 1.807) is 12.1 Å². The van der Waals surface area contributed by atoms with E-state index >= 15 is 0 Å². The van der Waals surface area contributed by atoms with Gasteiger partial charge in [-0.1, -0.05) is 60.2 Å². The van der Waals surface area contributed by atoms with Crippen LogP contribution in [0.15, 0.2) is 65.6 Å². The maximum atomic E-state index is 12.1. The van der Waals surface area contributed by atoms with Crippen molar-refractivity contribution in [3.05, 3.63) is 71.8 Å². The molecule has 0 fully saturated rings. The fourth-order valence-corrected chi connectivity index (χ4v) is 4.12. The molecule has 0 atom stereocenters. The van der Waals surface area contributed by atoms with Gasteiger partial charge in [-0.25, -0.2) is 8.42 Å². The molecule has 0 aliphatic carbocycles. The summed E-state index contributed by atoms with van der Waals surface area (Å²) in [5.41, 5.74) is 2.12. The predicted octanol–water partition coefficient (Wildman–Crippen LogP) is 4.13. The molecule has 0 spiro atoms. The summed E-state index contributed by atoms with van der Waals surface area (Å²) in [7, 11) is -2.32. The Hall–Kier alpha value is -1.52. The van der Waals surface area contributed by atoms with Crippen LogP contribution in [0.2, 0.25) is 0 Å². The van der Waals surface area contributed by atoms with Crippen LogP contribution in [0.5, 0.6) is 0 Å². The normalized spacial score (nSPS) is 11.8. The van der Waals surface area contributed by atoms with E-state index in [2.05, 4.69) is 0 Å². The van der Waals surface area contributed by atoms with E-state index in [0.29, 0.717) is 10.6 Å². The van der Waals surface area contributed by atoms with Crippen molar-refractivity contribution in [2.75, 3.05) is 5.75 Å². The zero-order valence-electron chi connectivity index (χ0n) is 11.2. The molecule has 2 nitrogen and oxygen atoms in total. The van der Waals surface area contributed by atoms with E-state index in [1.807, 2.05) is 61.5 Å². The van der Waals surface area contributed by atoms with E-state index in [9.17, 15) is 8.42 Å². The molecule has 0 saturated carbocycles. The van der Waals surface area contributed by atoms with Crippen molar-refractivity contribution in [2.24, 2.45) is 0 Å². The SMILES string of the molecule is Cc1ccc(S(=O)(=O)SC/C=C/c2ccccc2)cc1. The second-order valence-electron chi connectivity index (χ2n) is 4.36. The molecule has 0 aromatic heterocycles. The fourth-order valence-electron chi connectivity index (χ4n) is 1.65. The van der Waals surface area contributed by atoms with Gasteiger partial charge in [-0.3, -0.25) is 0 Å². The number of hydrogen-bond donors (Lipinski definition) is 0. The fraction of sp³-hybridized carbons (Fsp3) is 0.125. The first-order valence-electron chi connectivity index (χ1n) is 6.26. The number of rotatable bonds is 5. The van der Waals surface area contributed by atoms with Gasteiger partial charge in [0.25, 0.3) is 0 Å². The Morgan fingerprint density at radius 3 is 2.30 bits per heavy atom. The first kappa shape index (κ1) is 14.9. The molecule has 0 aliphatic heterocycles. The van der Waals surface area contributed by atoms with Crippen molar-refractivity contribution in [3.63, 3.8) is 0 Å². The van der Waals surface area contributed by atoms with E-state index in [4.69, 9.17) is 0 Å². The van der Waals surface area contributed by atoms with Crippen LogP contribution in [0, 0.1) is 6.92 Å². The van der Waals surface area contributed by atoms with Crippen molar-refractivity contribution >= 4 is 25.7 Å². The quantitative estimate of drug-likeness (QED) is 0.779. The van der Waals surface area contributed by atoms with Crippen molar-refractivity contribution in [1.82, 2.24) is 0 Å². The molecular weight excluding hydrogens is 288 g/mol.